The second-order valence-corrected chi connectivity index (χ2v) is 8.24. The summed E-state index contributed by atoms with van der Waals surface area (Å²) < 4.78 is 0.153. The Labute approximate surface area is 125 Å². The fourth-order valence-corrected chi connectivity index (χ4v) is 2.88. The summed E-state index contributed by atoms with van der Waals surface area (Å²) in [4.78, 5) is 12.9. The van der Waals surface area contributed by atoms with E-state index in [2.05, 4.69) is 38.2 Å². The van der Waals surface area contributed by atoms with Gasteiger partial charge in [-0.1, -0.05) is 39.0 Å². The Morgan fingerprint density at radius 2 is 1.89 bits per heavy atom. The van der Waals surface area contributed by atoms with Crippen LogP contribution in [0.2, 0.25) is 0 Å². The molecule has 0 saturated heterocycles. The van der Waals surface area contributed by atoms with Gasteiger partial charge in [-0.05, 0) is 24.3 Å². The summed E-state index contributed by atoms with van der Waals surface area (Å²) in [5, 5.41) is 2.97. The average Bonchev–Trinajstić information content (AvgIpc) is 2.36. The van der Waals surface area contributed by atoms with E-state index >= 15 is 0 Å². The maximum absolute atomic E-state index is 11.6. The Morgan fingerprint density at radius 1 is 1.21 bits per heavy atom. The van der Waals surface area contributed by atoms with E-state index < -0.39 is 0 Å². The number of hydrogen-bond donors (Lipinski definition) is 1. The van der Waals surface area contributed by atoms with Gasteiger partial charge >= 0.3 is 0 Å². The van der Waals surface area contributed by atoms with Crippen molar-refractivity contribution in [3.8, 4) is 0 Å². The molecule has 2 nitrogen and oxygen atoms in total. The van der Waals surface area contributed by atoms with Crippen LogP contribution in [0, 0.1) is 0 Å². The van der Waals surface area contributed by atoms with Crippen molar-refractivity contribution >= 4 is 29.4 Å². The van der Waals surface area contributed by atoms with E-state index in [0.29, 0.717) is 5.75 Å². The van der Waals surface area contributed by atoms with Crippen LogP contribution in [0.25, 0.3) is 0 Å². The fraction of sp³-hybridized carbons (Fsp3) is 0.533. The van der Waals surface area contributed by atoms with E-state index in [1.807, 2.05) is 30.0 Å². The van der Waals surface area contributed by atoms with E-state index in [0.717, 1.165) is 18.7 Å². The van der Waals surface area contributed by atoms with Gasteiger partial charge in [0.1, 0.15) is 0 Å². The van der Waals surface area contributed by atoms with Gasteiger partial charge in [-0.15, -0.1) is 23.5 Å². The molecule has 4 heteroatoms. The van der Waals surface area contributed by atoms with E-state index in [-0.39, 0.29) is 10.7 Å². The summed E-state index contributed by atoms with van der Waals surface area (Å²) in [6.45, 7) is 7.15. The Morgan fingerprint density at radius 3 is 2.53 bits per heavy atom. The molecule has 0 aliphatic carbocycles. The van der Waals surface area contributed by atoms with Crippen molar-refractivity contribution in [3.63, 3.8) is 0 Å². The van der Waals surface area contributed by atoms with Crippen LogP contribution in [-0.4, -0.2) is 28.7 Å². The first kappa shape index (κ1) is 16.4. The number of carbonyl (C=O) groups excluding carboxylic acids is 1. The van der Waals surface area contributed by atoms with Crippen molar-refractivity contribution in [2.24, 2.45) is 0 Å². The van der Waals surface area contributed by atoms with Gasteiger partial charge in [0.15, 0.2) is 0 Å². The second-order valence-electron chi connectivity index (χ2n) is 5.27. The van der Waals surface area contributed by atoms with Crippen molar-refractivity contribution < 1.29 is 4.79 Å². The summed E-state index contributed by atoms with van der Waals surface area (Å²) >= 11 is 3.52. The standard InChI is InChI=1S/C15H23NOS2/c1-15(2,3)19-12-14(17)16-10-7-11-18-13-8-5-4-6-9-13/h4-6,8-9H,7,10-12H2,1-3H3,(H,16,17). The van der Waals surface area contributed by atoms with Crippen LogP contribution in [0.3, 0.4) is 0 Å². The van der Waals surface area contributed by atoms with Crippen molar-refractivity contribution in [2.75, 3.05) is 18.1 Å². The third-order valence-corrected chi connectivity index (χ3v) is 4.66. The van der Waals surface area contributed by atoms with Gasteiger partial charge < -0.3 is 5.32 Å². The number of rotatable bonds is 7. The second kappa shape index (κ2) is 8.54. The van der Waals surface area contributed by atoms with Gasteiger partial charge in [-0.2, -0.15) is 0 Å². The van der Waals surface area contributed by atoms with Gasteiger partial charge in [0, 0.05) is 16.2 Å². The number of carbonyl (C=O) groups is 1. The van der Waals surface area contributed by atoms with E-state index in [9.17, 15) is 4.79 Å². The van der Waals surface area contributed by atoms with Crippen molar-refractivity contribution in [1.29, 1.82) is 0 Å². The lowest BCUT2D eigenvalue weighted by molar-refractivity contribution is -0.118. The van der Waals surface area contributed by atoms with Crippen LogP contribution in [0.5, 0.6) is 0 Å². The highest BCUT2D eigenvalue weighted by Crippen LogP contribution is 2.22. The molecule has 0 atom stereocenters. The van der Waals surface area contributed by atoms with Crippen LogP contribution < -0.4 is 5.32 Å². The van der Waals surface area contributed by atoms with Crippen LogP contribution in [0.1, 0.15) is 27.2 Å². The zero-order chi connectivity index (χ0) is 14.1. The van der Waals surface area contributed by atoms with Crippen LogP contribution in [0.4, 0.5) is 0 Å². The molecule has 0 fully saturated rings. The highest BCUT2D eigenvalue weighted by Gasteiger charge is 2.12. The van der Waals surface area contributed by atoms with Crippen LogP contribution in [0.15, 0.2) is 35.2 Å². The molecule has 1 aromatic carbocycles. The lowest BCUT2D eigenvalue weighted by Crippen LogP contribution is -2.28. The number of hydrogen-bond acceptors (Lipinski definition) is 3. The molecule has 0 unspecified atom stereocenters. The summed E-state index contributed by atoms with van der Waals surface area (Å²) in [5.74, 6) is 1.73. The Kier molecular flexibility index (Phi) is 7.39. The lowest BCUT2D eigenvalue weighted by Gasteiger charge is -2.16. The normalized spacial score (nSPS) is 11.3. The summed E-state index contributed by atoms with van der Waals surface area (Å²) in [6, 6.07) is 10.4. The Hall–Kier alpha value is -0.610. The fourth-order valence-electron chi connectivity index (χ4n) is 1.34. The smallest absolute Gasteiger partial charge is 0.230 e. The first-order chi connectivity index (χ1) is 8.97. The lowest BCUT2D eigenvalue weighted by atomic mass is 10.3. The number of thioether (sulfide) groups is 2. The number of amides is 1. The molecule has 0 saturated carbocycles. The van der Waals surface area contributed by atoms with Gasteiger partial charge in [0.2, 0.25) is 5.91 Å². The largest absolute Gasteiger partial charge is 0.355 e. The molecule has 0 bridgehead atoms. The molecule has 106 valence electrons. The van der Waals surface area contributed by atoms with Gasteiger partial charge in [-0.3, -0.25) is 4.79 Å². The van der Waals surface area contributed by atoms with E-state index in [1.54, 1.807) is 11.8 Å². The van der Waals surface area contributed by atoms with Gasteiger partial charge in [-0.25, -0.2) is 0 Å². The first-order valence-corrected chi connectivity index (χ1v) is 8.53. The predicted molar refractivity (Wildman–Crippen MR) is 87.0 cm³/mol. The minimum atomic E-state index is 0.143. The molecule has 1 amide bonds. The zero-order valence-electron chi connectivity index (χ0n) is 11.9. The van der Waals surface area contributed by atoms with Crippen LogP contribution >= 0.6 is 23.5 Å². The molecule has 0 spiro atoms. The molecule has 1 rings (SSSR count). The summed E-state index contributed by atoms with van der Waals surface area (Å²) in [6.07, 6.45) is 1.01. The van der Waals surface area contributed by atoms with Gasteiger partial charge in [0.05, 0.1) is 5.75 Å². The molecule has 0 aliphatic heterocycles. The summed E-state index contributed by atoms with van der Waals surface area (Å²) in [7, 11) is 0. The topological polar surface area (TPSA) is 29.1 Å². The SMILES string of the molecule is CC(C)(C)SCC(=O)NCCCSc1ccccc1. The maximum Gasteiger partial charge on any atom is 0.230 e. The highest BCUT2D eigenvalue weighted by atomic mass is 32.2. The highest BCUT2D eigenvalue weighted by molar-refractivity contribution is 8.01. The minimum Gasteiger partial charge on any atom is -0.355 e. The number of benzene rings is 1. The van der Waals surface area contributed by atoms with E-state index in [1.165, 1.54) is 4.90 Å². The first-order valence-electron chi connectivity index (χ1n) is 6.56. The molecule has 19 heavy (non-hydrogen) atoms. The van der Waals surface area contributed by atoms with E-state index in [4.69, 9.17) is 0 Å². The Bertz CT molecular complexity index is 373. The molecule has 1 aromatic rings. The molecule has 0 radical (unpaired) electrons. The molecular weight excluding hydrogens is 274 g/mol. The van der Waals surface area contributed by atoms with Crippen LogP contribution in [-0.2, 0) is 4.79 Å². The maximum atomic E-state index is 11.6. The third kappa shape index (κ3) is 9.00. The average molecular weight is 297 g/mol. The molecule has 0 aliphatic rings. The molecule has 1 N–H and O–H groups in total. The summed E-state index contributed by atoms with van der Waals surface area (Å²) in [5.41, 5.74) is 0. The Balaban J connectivity index is 2.03. The molecular formula is C15H23NOS2. The predicted octanol–water partition coefficient (Wildman–Crippen LogP) is 3.82. The monoisotopic (exact) mass is 297 g/mol. The molecule has 0 aromatic heterocycles. The van der Waals surface area contributed by atoms with Gasteiger partial charge in [0.25, 0.3) is 0 Å². The van der Waals surface area contributed by atoms with Crippen molar-refractivity contribution in [2.45, 2.75) is 36.8 Å². The number of nitrogens with one attached hydrogen (secondary N) is 1. The zero-order valence-corrected chi connectivity index (χ0v) is 13.6. The van der Waals surface area contributed by atoms with Crippen molar-refractivity contribution in [3.05, 3.63) is 30.3 Å². The van der Waals surface area contributed by atoms with Crippen molar-refractivity contribution in [1.82, 2.24) is 5.32 Å². The minimum absolute atomic E-state index is 0.143. The third-order valence-electron chi connectivity index (χ3n) is 2.29. The molecule has 0 heterocycles. The quantitative estimate of drug-likeness (QED) is 0.613.